The molecule has 9 heteroatoms. The van der Waals surface area contributed by atoms with E-state index >= 15 is 0 Å². The lowest BCUT2D eigenvalue weighted by Gasteiger charge is -2.29. The second kappa shape index (κ2) is 9.09. The molecule has 0 saturated carbocycles. The van der Waals surface area contributed by atoms with Crippen molar-refractivity contribution in [2.75, 3.05) is 27.3 Å². The molecule has 32 heavy (non-hydrogen) atoms. The van der Waals surface area contributed by atoms with Crippen molar-refractivity contribution in [1.29, 1.82) is 0 Å². The van der Waals surface area contributed by atoms with Crippen molar-refractivity contribution in [3.05, 3.63) is 64.2 Å². The van der Waals surface area contributed by atoms with Crippen molar-refractivity contribution in [1.82, 2.24) is 19.8 Å². The van der Waals surface area contributed by atoms with Crippen LogP contribution in [0.25, 0.3) is 10.9 Å². The molecule has 4 rings (SSSR count). The predicted molar refractivity (Wildman–Crippen MR) is 118 cm³/mol. The molecule has 0 unspecified atom stereocenters. The number of carbonyl (C=O) groups is 2. The third kappa shape index (κ3) is 4.27. The molecule has 0 atom stereocenters. The van der Waals surface area contributed by atoms with Gasteiger partial charge in [0, 0.05) is 19.2 Å². The Morgan fingerprint density at radius 2 is 1.81 bits per heavy atom. The number of hydrogen-bond donors (Lipinski definition) is 1. The fraction of sp³-hybridized carbons (Fsp3) is 0.304. The second-order valence-corrected chi connectivity index (χ2v) is 7.51. The quantitative estimate of drug-likeness (QED) is 0.621. The average Bonchev–Trinajstić information content (AvgIpc) is 2.83. The van der Waals surface area contributed by atoms with E-state index in [2.05, 4.69) is 16.4 Å². The van der Waals surface area contributed by atoms with Gasteiger partial charge in [0.1, 0.15) is 6.54 Å². The third-order valence-electron chi connectivity index (χ3n) is 5.56. The van der Waals surface area contributed by atoms with Crippen molar-refractivity contribution in [2.24, 2.45) is 0 Å². The van der Waals surface area contributed by atoms with Gasteiger partial charge in [0.25, 0.3) is 5.56 Å². The van der Waals surface area contributed by atoms with Crippen molar-refractivity contribution < 1.29 is 19.1 Å². The van der Waals surface area contributed by atoms with Gasteiger partial charge in [-0.3, -0.25) is 19.0 Å². The topological polar surface area (TPSA) is 103 Å². The van der Waals surface area contributed by atoms with Crippen LogP contribution in [0.2, 0.25) is 0 Å². The van der Waals surface area contributed by atoms with Crippen molar-refractivity contribution >= 4 is 22.7 Å². The van der Waals surface area contributed by atoms with E-state index in [1.54, 1.807) is 11.0 Å². The first-order chi connectivity index (χ1) is 15.5. The highest BCUT2D eigenvalue weighted by Crippen LogP contribution is 2.29. The maximum absolute atomic E-state index is 12.8. The van der Waals surface area contributed by atoms with Crippen LogP contribution in [0.3, 0.4) is 0 Å². The summed E-state index contributed by atoms with van der Waals surface area (Å²) >= 11 is 0. The summed E-state index contributed by atoms with van der Waals surface area (Å²) in [5.41, 5.74) is 2.42. The SMILES string of the molecule is COc1cc2ncn(CC(=O)NCC(=O)N3CCc4ccccc4C3)c(=O)c2cc1OC. The summed E-state index contributed by atoms with van der Waals surface area (Å²) in [5, 5.41) is 2.91. The molecule has 166 valence electrons. The summed E-state index contributed by atoms with van der Waals surface area (Å²) in [7, 11) is 2.98. The zero-order valence-electron chi connectivity index (χ0n) is 18.0. The molecule has 1 aliphatic heterocycles. The fourth-order valence-electron chi connectivity index (χ4n) is 3.80. The Morgan fingerprint density at radius 1 is 1.09 bits per heavy atom. The maximum atomic E-state index is 12.8. The molecule has 2 amide bonds. The van der Waals surface area contributed by atoms with E-state index in [1.807, 2.05) is 18.2 Å². The van der Waals surface area contributed by atoms with Crippen molar-refractivity contribution in [3.8, 4) is 11.5 Å². The van der Waals surface area contributed by atoms with E-state index < -0.39 is 5.91 Å². The van der Waals surface area contributed by atoms with Crippen molar-refractivity contribution in [3.63, 3.8) is 0 Å². The van der Waals surface area contributed by atoms with E-state index in [9.17, 15) is 14.4 Å². The fourth-order valence-corrected chi connectivity index (χ4v) is 3.80. The summed E-state index contributed by atoms with van der Waals surface area (Å²) in [4.78, 5) is 43.7. The largest absolute Gasteiger partial charge is 0.493 e. The monoisotopic (exact) mass is 436 g/mol. The van der Waals surface area contributed by atoms with Gasteiger partial charge >= 0.3 is 0 Å². The number of fused-ring (bicyclic) bond motifs is 2. The minimum atomic E-state index is -0.445. The minimum Gasteiger partial charge on any atom is -0.493 e. The number of nitrogens with zero attached hydrogens (tertiary/aromatic N) is 3. The van der Waals surface area contributed by atoms with Gasteiger partial charge < -0.3 is 19.7 Å². The first-order valence-electron chi connectivity index (χ1n) is 10.2. The normalized spacial score (nSPS) is 12.9. The van der Waals surface area contributed by atoms with Crippen LogP contribution in [0.5, 0.6) is 11.5 Å². The maximum Gasteiger partial charge on any atom is 0.261 e. The summed E-state index contributed by atoms with van der Waals surface area (Å²) in [6, 6.07) is 11.2. The van der Waals surface area contributed by atoms with Crippen molar-refractivity contribution in [2.45, 2.75) is 19.5 Å². The Hall–Kier alpha value is -3.88. The number of aromatic nitrogens is 2. The Bertz CT molecular complexity index is 1240. The number of methoxy groups -OCH3 is 2. The van der Waals surface area contributed by atoms with E-state index in [1.165, 1.54) is 36.7 Å². The molecule has 0 spiro atoms. The standard InChI is InChI=1S/C23H24N4O5/c1-31-19-9-17-18(10-20(19)32-2)25-14-27(23(17)30)13-21(28)24-11-22(29)26-8-7-15-5-3-4-6-16(15)12-26/h3-6,9-10,14H,7-8,11-13H2,1-2H3,(H,24,28). The molecular formula is C23H24N4O5. The van der Waals surface area contributed by atoms with Crippen LogP contribution < -0.4 is 20.3 Å². The Morgan fingerprint density at radius 3 is 2.56 bits per heavy atom. The van der Waals surface area contributed by atoms with Gasteiger partial charge in [-0.2, -0.15) is 0 Å². The molecule has 1 aliphatic rings. The van der Waals surface area contributed by atoms with Gasteiger partial charge in [0.15, 0.2) is 11.5 Å². The molecule has 0 fully saturated rings. The molecule has 0 aliphatic carbocycles. The molecule has 0 saturated heterocycles. The lowest BCUT2D eigenvalue weighted by atomic mass is 10.00. The highest BCUT2D eigenvalue weighted by atomic mass is 16.5. The lowest BCUT2D eigenvalue weighted by Crippen LogP contribution is -2.43. The number of nitrogens with one attached hydrogen (secondary N) is 1. The molecule has 0 radical (unpaired) electrons. The summed E-state index contributed by atoms with van der Waals surface area (Å²) < 4.78 is 11.7. The third-order valence-corrected chi connectivity index (χ3v) is 5.56. The number of rotatable bonds is 6. The van der Waals surface area contributed by atoms with Crippen LogP contribution in [-0.4, -0.2) is 53.6 Å². The molecule has 1 N–H and O–H groups in total. The lowest BCUT2D eigenvalue weighted by molar-refractivity contribution is -0.133. The van der Waals surface area contributed by atoms with E-state index in [0.29, 0.717) is 35.5 Å². The molecule has 0 bridgehead atoms. The minimum absolute atomic E-state index is 0.123. The van der Waals surface area contributed by atoms with Crippen LogP contribution in [0.1, 0.15) is 11.1 Å². The van der Waals surface area contributed by atoms with Gasteiger partial charge in [-0.25, -0.2) is 4.98 Å². The van der Waals surface area contributed by atoms with Crippen LogP contribution in [0.4, 0.5) is 0 Å². The zero-order chi connectivity index (χ0) is 22.7. The Balaban J connectivity index is 1.40. The number of benzene rings is 2. The highest BCUT2D eigenvalue weighted by molar-refractivity contribution is 5.85. The summed E-state index contributed by atoms with van der Waals surface area (Å²) in [6.45, 7) is 0.781. The number of hydrogen-bond acceptors (Lipinski definition) is 6. The van der Waals surface area contributed by atoms with E-state index in [0.717, 1.165) is 12.0 Å². The molecule has 2 aromatic carbocycles. The van der Waals surface area contributed by atoms with E-state index in [4.69, 9.17) is 9.47 Å². The molecule has 2 heterocycles. The Kier molecular flexibility index (Phi) is 6.07. The number of amides is 2. The first-order valence-corrected chi connectivity index (χ1v) is 10.2. The molecule has 9 nitrogen and oxygen atoms in total. The van der Waals surface area contributed by atoms with Crippen LogP contribution >= 0.6 is 0 Å². The molecular weight excluding hydrogens is 412 g/mol. The van der Waals surface area contributed by atoms with Gasteiger partial charge in [0.05, 0.1) is 38.0 Å². The molecule has 3 aromatic rings. The Labute approximate surface area is 184 Å². The van der Waals surface area contributed by atoms with Crippen LogP contribution in [-0.2, 0) is 29.1 Å². The predicted octanol–water partition coefficient (Wildman–Crippen LogP) is 1.11. The summed E-state index contributed by atoms with van der Waals surface area (Å²) in [5.74, 6) is 0.254. The molecule has 1 aromatic heterocycles. The smallest absolute Gasteiger partial charge is 0.261 e. The second-order valence-electron chi connectivity index (χ2n) is 7.51. The summed E-state index contributed by atoms with van der Waals surface area (Å²) in [6.07, 6.45) is 2.10. The van der Waals surface area contributed by atoms with Crippen LogP contribution in [0, 0.1) is 0 Å². The highest BCUT2D eigenvalue weighted by Gasteiger charge is 2.21. The zero-order valence-corrected chi connectivity index (χ0v) is 18.0. The first kappa shape index (κ1) is 21.4. The average molecular weight is 436 g/mol. The number of ether oxygens (including phenoxy) is 2. The van der Waals surface area contributed by atoms with Gasteiger partial charge in [-0.1, -0.05) is 24.3 Å². The van der Waals surface area contributed by atoms with Gasteiger partial charge in [-0.05, 0) is 23.6 Å². The number of carbonyl (C=O) groups excluding carboxylic acids is 2. The van der Waals surface area contributed by atoms with Gasteiger partial charge in [-0.15, -0.1) is 0 Å². The van der Waals surface area contributed by atoms with Gasteiger partial charge in [0.2, 0.25) is 11.8 Å². The van der Waals surface area contributed by atoms with E-state index in [-0.39, 0.29) is 24.6 Å². The van der Waals surface area contributed by atoms with Crippen LogP contribution in [0.15, 0.2) is 47.5 Å².